The summed E-state index contributed by atoms with van der Waals surface area (Å²) < 4.78 is 4.79. The number of carbonyl (C=O) groups is 2. The molecule has 5 atom stereocenters. The second kappa shape index (κ2) is 8.06. The van der Waals surface area contributed by atoms with Gasteiger partial charge in [0.15, 0.2) is 0 Å². The molecule has 32 heavy (non-hydrogen) atoms. The molecule has 4 heteroatoms. The van der Waals surface area contributed by atoms with Crippen LogP contribution in [0.25, 0.3) is 0 Å². The Kier molecular flexibility index (Phi) is 5.35. The monoisotopic (exact) mass is 432 g/mol. The van der Waals surface area contributed by atoms with Crippen LogP contribution in [-0.2, 0) is 22.4 Å². The van der Waals surface area contributed by atoms with Gasteiger partial charge in [0.1, 0.15) is 11.5 Å². The summed E-state index contributed by atoms with van der Waals surface area (Å²) in [7, 11) is 1.40. The minimum absolute atomic E-state index is 0.186. The SMILES string of the molecule is COC(=O)c1ccc(CC[C@@H]2CC(=O)[C@@]3(C)CC[C@@H]4c5ccc(O)cc5CC[C@H]4[C@H]23)cc1. The highest BCUT2D eigenvalue weighted by atomic mass is 16.5. The molecule has 3 aliphatic carbocycles. The fourth-order valence-corrected chi connectivity index (χ4v) is 7.17. The summed E-state index contributed by atoms with van der Waals surface area (Å²) in [6.45, 7) is 2.23. The highest BCUT2D eigenvalue weighted by Crippen LogP contribution is 2.62. The van der Waals surface area contributed by atoms with Gasteiger partial charge in [0.05, 0.1) is 12.7 Å². The Bertz CT molecular complexity index is 1040. The third kappa shape index (κ3) is 3.44. The van der Waals surface area contributed by atoms with Gasteiger partial charge in [-0.05, 0) is 103 Å². The highest BCUT2D eigenvalue weighted by Gasteiger charge is 2.58. The van der Waals surface area contributed by atoms with E-state index < -0.39 is 0 Å². The number of Topliss-reactive ketones (excluding diaryl/α,β-unsaturated/α-hetero) is 1. The zero-order chi connectivity index (χ0) is 22.5. The van der Waals surface area contributed by atoms with Gasteiger partial charge in [-0.25, -0.2) is 4.79 Å². The van der Waals surface area contributed by atoms with Crippen molar-refractivity contribution in [2.75, 3.05) is 7.11 Å². The fourth-order valence-electron chi connectivity index (χ4n) is 7.17. The van der Waals surface area contributed by atoms with Crippen LogP contribution in [0, 0.1) is 23.2 Å². The van der Waals surface area contributed by atoms with E-state index in [0.717, 1.165) is 38.5 Å². The maximum atomic E-state index is 13.2. The molecular formula is C28H32O4. The molecule has 0 unspecified atom stereocenters. The third-order valence-corrected chi connectivity index (χ3v) is 8.73. The number of methoxy groups -OCH3 is 1. The number of aryl methyl sites for hydroxylation is 2. The standard InChI is InChI=1S/C28H32O4/c1-28-14-13-23-22-12-10-21(29)15-19(22)9-11-24(23)26(28)20(16-25(28)30)8-5-17-3-6-18(7-4-17)27(31)32-2/h3-4,6-7,10,12,15,20,23-24,26,29H,5,8-9,11,13-14,16H2,1-2H3/t20-,23-,24-,26+,28-/m1/s1. The van der Waals surface area contributed by atoms with Gasteiger partial charge in [0.25, 0.3) is 0 Å². The number of phenolic OH excluding ortho intramolecular Hbond substituents is 1. The average Bonchev–Trinajstić information content (AvgIpc) is 3.07. The Morgan fingerprint density at radius 3 is 2.69 bits per heavy atom. The molecule has 0 radical (unpaired) electrons. The maximum absolute atomic E-state index is 13.2. The van der Waals surface area contributed by atoms with Crippen LogP contribution in [0.1, 0.15) is 72.0 Å². The molecule has 2 aromatic rings. The van der Waals surface area contributed by atoms with E-state index >= 15 is 0 Å². The first kappa shape index (κ1) is 21.2. The summed E-state index contributed by atoms with van der Waals surface area (Å²) in [6.07, 6.45) is 6.79. The summed E-state index contributed by atoms with van der Waals surface area (Å²) in [5.74, 6) is 2.41. The second-order valence-electron chi connectivity index (χ2n) is 10.3. The number of carbonyl (C=O) groups excluding carboxylic acids is 2. The molecule has 5 rings (SSSR count). The third-order valence-electron chi connectivity index (χ3n) is 8.73. The van der Waals surface area contributed by atoms with E-state index in [0.29, 0.717) is 47.2 Å². The van der Waals surface area contributed by atoms with Crippen molar-refractivity contribution in [3.63, 3.8) is 0 Å². The van der Waals surface area contributed by atoms with E-state index in [1.165, 1.54) is 23.8 Å². The van der Waals surface area contributed by atoms with Crippen molar-refractivity contribution in [1.82, 2.24) is 0 Å². The molecule has 0 aliphatic heterocycles. The van der Waals surface area contributed by atoms with Crippen LogP contribution >= 0.6 is 0 Å². The summed E-state index contributed by atoms with van der Waals surface area (Å²) in [6, 6.07) is 13.6. The van der Waals surface area contributed by atoms with Gasteiger partial charge in [-0.1, -0.05) is 25.1 Å². The molecule has 1 N–H and O–H groups in total. The predicted octanol–water partition coefficient (Wildman–Crippen LogP) is 5.46. The van der Waals surface area contributed by atoms with Crippen LogP contribution in [0.15, 0.2) is 42.5 Å². The van der Waals surface area contributed by atoms with E-state index in [2.05, 4.69) is 13.0 Å². The number of esters is 1. The molecule has 2 fully saturated rings. The second-order valence-corrected chi connectivity index (χ2v) is 10.3. The Morgan fingerprint density at radius 2 is 1.94 bits per heavy atom. The first-order valence-electron chi connectivity index (χ1n) is 11.9. The van der Waals surface area contributed by atoms with Gasteiger partial charge < -0.3 is 9.84 Å². The lowest BCUT2D eigenvalue weighted by atomic mass is 9.54. The van der Waals surface area contributed by atoms with Crippen molar-refractivity contribution in [3.05, 3.63) is 64.7 Å². The molecule has 0 amide bonds. The molecule has 0 saturated heterocycles. The lowest BCUT2D eigenvalue weighted by Crippen LogP contribution is -2.44. The first-order chi connectivity index (χ1) is 15.4. The number of hydrogen-bond acceptors (Lipinski definition) is 4. The summed E-state index contributed by atoms with van der Waals surface area (Å²) in [5, 5.41) is 9.92. The number of benzene rings is 2. The molecule has 2 saturated carbocycles. The number of rotatable bonds is 4. The molecule has 0 heterocycles. The predicted molar refractivity (Wildman–Crippen MR) is 123 cm³/mol. The number of ketones is 1. The number of aromatic hydroxyl groups is 1. The molecule has 0 aromatic heterocycles. The lowest BCUT2D eigenvalue weighted by Gasteiger charge is -2.50. The topological polar surface area (TPSA) is 63.6 Å². The molecule has 4 nitrogen and oxygen atoms in total. The van der Waals surface area contributed by atoms with E-state index in [1.807, 2.05) is 36.4 Å². The molecule has 3 aliphatic rings. The smallest absolute Gasteiger partial charge is 0.337 e. The molecule has 0 bridgehead atoms. The molecule has 0 spiro atoms. The van der Waals surface area contributed by atoms with Crippen molar-refractivity contribution in [2.45, 2.75) is 57.8 Å². The summed E-state index contributed by atoms with van der Waals surface area (Å²) in [4.78, 5) is 24.9. The van der Waals surface area contributed by atoms with Crippen molar-refractivity contribution in [3.8, 4) is 5.75 Å². The highest BCUT2D eigenvalue weighted by molar-refractivity contribution is 5.89. The van der Waals surface area contributed by atoms with Crippen molar-refractivity contribution in [2.24, 2.45) is 23.2 Å². The van der Waals surface area contributed by atoms with Crippen LogP contribution < -0.4 is 0 Å². The molecule has 168 valence electrons. The zero-order valence-electron chi connectivity index (χ0n) is 19.0. The first-order valence-corrected chi connectivity index (χ1v) is 11.9. The van der Waals surface area contributed by atoms with Gasteiger partial charge in [-0.3, -0.25) is 4.79 Å². The quantitative estimate of drug-likeness (QED) is 0.652. The van der Waals surface area contributed by atoms with Gasteiger partial charge in [-0.15, -0.1) is 0 Å². The van der Waals surface area contributed by atoms with Crippen LogP contribution in [0.5, 0.6) is 5.75 Å². The van der Waals surface area contributed by atoms with E-state index in [9.17, 15) is 14.7 Å². The Labute approximate surface area is 190 Å². The summed E-state index contributed by atoms with van der Waals surface area (Å²) in [5.41, 5.74) is 4.28. The van der Waals surface area contributed by atoms with E-state index in [-0.39, 0.29) is 11.4 Å². The summed E-state index contributed by atoms with van der Waals surface area (Å²) >= 11 is 0. The number of hydrogen-bond donors (Lipinski definition) is 1. The van der Waals surface area contributed by atoms with Crippen molar-refractivity contribution >= 4 is 11.8 Å². The minimum atomic E-state index is -0.312. The minimum Gasteiger partial charge on any atom is -0.508 e. The van der Waals surface area contributed by atoms with Crippen molar-refractivity contribution in [1.29, 1.82) is 0 Å². The number of ether oxygens (including phenoxy) is 1. The Morgan fingerprint density at radius 1 is 1.16 bits per heavy atom. The average molecular weight is 433 g/mol. The Hall–Kier alpha value is -2.62. The van der Waals surface area contributed by atoms with Crippen LogP contribution in [0.4, 0.5) is 0 Å². The number of fused-ring (bicyclic) bond motifs is 5. The Balaban J connectivity index is 1.36. The van der Waals surface area contributed by atoms with Crippen LogP contribution in [0.3, 0.4) is 0 Å². The molecule has 2 aromatic carbocycles. The van der Waals surface area contributed by atoms with Gasteiger partial charge >= 0.3 is 5.97 Å². The van der Waals surface area contributed by atoms with Gasteiger partial charge in [-0.2, -0.15) is 0 Å². The molecular weight excluding hydrogens is 400 g/mol. The van der Waals surface area contributed by atoms with Gasteiger partial charge in [0.2, 0.25) is 0 Å². The lowest BCUT2D eigenvalue weighted by molar-refractivity contribution is -0.129. The fraction of sp³-hybridized carbons (Fsp3) is 0.500. The van der Waals surface area contributed by atoms with E-state index in [1.54, 1.807) is 0 Å². The van der Waals surface area contributed by atoms with Crippen LogP contribution in [-0.4, -0.2) is 24.0 Å². The maximum Gasteiger partial charge on any atom is 0.337 e. The van der Waals surface area contributed by atoms with Crippen molar-refractivity contribution < 1.29 is 19.4 Å². The largest absolute Gasteiger partial charge is 0.508 e. The number of phenols is 1. The van der Waals surface area contributed by atoms with Gasteiger partial charge in [0, 0.05) is 11.8 Å². The van der Waals surface area contributed by atoms with E-state index in [4.69, 9.17) is 4.74 Å². The normalized spacial score (nSPS) is 30.9. The van der Waals surface area contributed by atoms with Crippen LogP contribution in [0.2, 0.25) is 0 Å². The zero-order valence-corrected chi connectivity index (χ0v) is 19.0.